The number of hydrogen-bond acceptors (Lipinski definition) is 3. The number of Topliss-reactive ketones (excluding diaryl/α,β-unsaturated/α-hetero) is 1. The fraction of sp³-hybridized carbons (Fsp3) is 0.208. The smallest absolute Gasteiger partial charge is 0.268 e. The van der Waals surface area contributed by atoms with Gasteiger partial charge < -0.3 is 5.32 Å². The van der Waals surface area contributed by atoms with E-state index in [1.54, 1.807) is 0 Å². The Bertz CT molecular complexity index is 1310. The Balaban J connectivity index is 1.92. The average Bonchev–Trinajstić information content (AvgIpc) is 2.70. The molecule has 3 aromatic rings. The molecule has 2 aromatic carbocycles. The molecule has 0 atom stereocenters. The van der Waals surface area contributed by atoms with Gasteiger partial charge in [-0.1, -0.05) is 13.8 Å². The molecule has 1 aliphatic rings. The molecule has 0 aliphatic heterocycles. The highest BCUT2D eigenvalue weighted by atomic mass is 19.1. The molecule has 1 N–H and O–H groups in total. The zero-order chi connectivity index (χ0) is 23.2. The number of carbonyl (C=O) groups excluding carboxylic acids is 2. The summed E-state index contributed by atoms with van der Waals surface area (Å²) in [5.74, 6) is -3.37. The number of halogens is 3. The molecule has 4 rings (SSSR count). The molecule has 0 bridgehead atoms. The first-order chi connectivity index (χ1) is 15.1. The second-order valence-electron chi connectivity index (χ2n) is 8.57. The van der Waals surface area contributed by atoms with Crippen LogP contribution in [-0.2, 0) is 6.42 Å². The fourth-order valence-corrected chi connectivity index (χ4v) is 3.95. The van der Waals surface area contributed by atoms with Crippen LogP contribution in [0.4, 0.5) is 18.9 Å². The zero-order valence-electron chi connectivity index (χ0n) is 17.3. The molecule has 8 heteroatoms. The summed E-state index contributed by atoms with van der Waals surface area (Å²) < 4.78 is 42.1. The Hall–Kier alpha value is -3.68. The average molecular weight is 440 g/mol. The van der Waals surface area contributed by atoms with Crippen LogP contribution in [0.15, 0.2) is 53.5 Å². The summed E-state index contributed by atoms with van der Waals surface area (Å²) in [5.41, 5.74) is -1.32. The second kappa shape index (κ2) is 7.78. The Morgan fingerprint density at radius 2 is 1.62 bits per heavy atom. The lowest BCUT2D eigenvalue weighted by Gasteiger charge is -2.31. The molecule has 1 aliphatic carbocycles. The van der Waals surface area contributed by atoms with Crippen molar-refractivity contribution in [1.82, 2.24) is 4.57 Å². The first kappa shape index (κ1) is 21.5. The maximum atomic E-state index is 14.1. The molecule has 1 heterocycles. The standard InChI is InChI=1S/C24H19F3N2O3/c1-24(2)10-16-17(20(30)11-24)12-29(15-6-3-13(25)4-7-15)23(32)21(16)22(31)28-19-9-14(26)5-8-18(19)27/h3-9,12H,10-11H2,1-2H3,(H,28,31). The van der Waals surface area contributed by atoms with Crippen molar-refractivity contribution >= 4 is 17.4 Å². The normalized spacial score (nSPS) is 14.7. The number of aromatic nitrogens is 1. The maximum Gasteiger partial charge on any atom is 0.268 e. The van der Waals surface area contributed by atoms with Gasteiger partial charge in [0.25, 0.3) is 11.5 Å². The van der Waals surface area contributed by atoms with E-state index in [1.165, 1.54) is 18.3 Å². The van der Waals surface area contributed by atoms with E-state index in [-0.39, 0.29) is 41.0 Å². The number of fused-ring (bicyclic) bond motifs is 1. The molecule has 0 spiro atoms. The quantitative estimate of drug-likeness (QED) is 0.644. The summed E-state index contributed by atoms with van der Waals surface area (Å²) in [7, 11) is 0. The number of anilines is 1. The van der Waals surface area contributed by atoms with E-state index < -0.39 is 40.0 Å². The van der Waals surface area contributed by atoms with Crippen molar-refractivity contribution in [3.8, 4) is 5.69 Å². The van der Waals surface area contributed by atoms with Gasteiger partial charge in [0, 0.05) is 29.9 Å². The number of amides is 1. The van der Waals surface area contributed by atoms with Gasteiger partial charge in [-0.2, -0.15) is 0 Å². The molecule has 0 unspecified atom stereocenters. The summed E-state index contributed by atoms with van der Waals surface area (Å²) in [4.78, 5) is 39.4. The molecule has 1 amide bonds. The number of benzene rings is 2. The summed E-state index contributed by atoms with van der Waals surface area (Å²) in [6.07, 6.45) is 1.82. The first-order valence-electron chi connectivity index (χ1n) is 9.90. The Morgan fingerprint density at radius 1 is 0.969 bits per heavy atom. The number of pyridine rings is 1. The van der Waals surface area contributed by atoms with E-state index in [0.29, 0.717) is 0 Å². The van der Waals surface area contributed by atoms with Crippen molar-refractivity contribution in [2.45, 2.75) is 26.7 Å². The van der Waals surface area contributed by atoms with Crippen LogP contribution >= 0.6 is 0 Å². The SMILES string of the molecule is CC1(C)CC(=O)c2cn(-c3ccc(F)cc3)c(=O)c(C(=O)Nc3cc(F)ccc3F)c2C1. The van der Waals surface area contributed by atoms with Gasteiger partial charge in [-0.05, 0) is 53.8 Å². The van der Waals surface area contributed by atoms with Crippen molar-refractivity contribution in [3.05, 3.63) is 93.2 Å². The highest BCUT2D eigenvalue weighted by Crippen LogP contribution is 2.36. The molecule has 32 heavy (non-hydrogen) atoms. The van der Waals surface area contributed by atoms with Crippen LogP contribution < -0.4 is 10.9 Å². The van der Waals surface area contributed by atoms with Gasteiger partial charge in [0.1, 0.15) is 23.0 Å². The van der Waals surface area contributed by atoms with Gasteiger partial charge in [-0.3, -0.25) is 19.0 Å². The van der Waals surface area contributed by atoms with Gasteiger partial charge in [0.2, 0.25) is 0 Å². The van der Waals surface area contributed by atoms with Gasteiger partial charge >= 0.3 is 0 Å². The molecule has 0 saturated heterocycles. The highest BCUT2D eigenvalue weighted by molar-refractivity contribution is 6.08. The first-order valence-corrected chi connectivity index (χ1v) is 9.90. The largest absolute Gasteiger partial charge is 0.319 e. The van der Waals surface area contributed by atoms with E-state index >= 15 is 0 Å². The minimum Gasteiger partial charge on any atom is -0.319 e. The molecule has 0 fully saturated rings. The highest BCUT2D eigenvalue weighted by Gasteiger charge is 2.36. The minimum atomic E-state index is -0.960. The van der Waals surface area contributed by atoms with E-state index in [1.807, 2.05) is 13.8 Å². The number of ketones is 1. The molecule has 1 aromatic heterocycles. The van der Waals surface area contributed by atoms with Crippen LogP contribution in [-0.4, -0.2) is 16.3 Å². The number of nitrogens with one attached hydrogen (secondary N) is 1. The van der Waals surface area contributed by atoms with Crippen molar-refractivity contribution in [3.63, 3.8) is 0 Å². The Kier molecular flexibility index (Phi) is 5.24. The van der Waals surface area contributed by atoms with Gasteiger partial charge in [-0.15, -0.1) is 0 Å². The van der Waals surface area contributed by atoms with E-state index in [9.17, 15) is 27.6 Å². The van der Waals surface area contributed by atoms with E-state index in [0.717, 1.165) is 34.9 Å². The van der Waals surface area contributed by atoms with Crippen LogP contribution in [0.3, 0.4) is 0 Å². The Labute approximate surface area is 181 Å². The molecule has 164 valence electrons. The summed E-state index contributed by atoms with van der Waals surface area (Å²) in [6.45, 7) is 3.68. The van der Waals surface area contributed by atoms with Crippen molar-refractivity contribution in [2.24, 2.45) is 5.41 Å². The molecule has 5 nitrogen and oxygen atoms in total. The monoisotopic (exact) mass is 440 g/mol. The number of carbonyl (C=O) groups is 2. The summed E-state index contributed by atoms with van der Waals surface area (Å²) >= 11 is 0. The van der Waals surface area contributed by atoms with Gasteiger partial charge in [-0.25, -0.2) is 13.2 Å². The zero-order valence-corrected chi connectivity index (χ0v) is 17.3. The number of rotatable bonds is 3. The fourth-order valence-electron chi connectivity index (χ4n) is 3.95. The summed E-state index contributed by atoms with van der Waals surface area (Å²) in [6, 6.07) is 7.54. The predicted octanol–water partition coefficient (Wildman–Crippen LogP) is 4.66. The van der Waals surface area contributed by atoms with Crippen LogP contribution in [0.1, 0.15) is 46.5 Å². The lowest BCUT2D eigenvalue weighted by Crippen LogP contribution is -2.37. The third-order valence-electron chi connectivity index (χ3n) is 5.42. The number of hydrogen-bond donors (Lipinski definition) is 1. The molecular formula is C24H19F3N2O3. The third kappa shape index (κ3) is 3.95. The van der Waals surface area contributed by atoms with Crippen LogP contribution in [0, 0.1) is 22.9 Å². The van der Waals surface area contributed by atoms with Crippen molar-refractivity contribution in [2.75, 3.05) is 5.32 Å². The van der Waals surface area contributed by atoms with Crippen molar-refractivity contribution in [1.29, 1.82) is 0 Å². The lowest BCUT2D eigenvalue weighted by atomic mass is 9.73. The molecule has 0 radical (unpaired) electrons. The van der Waals surface area contributed by atoms with E-state index in [4.69, 9.17) is 0 Å². The van der Waals surface area contributed by atoms with Gasteiger partial charge in [0.05, 0.1) is 5.69 Å². The third-order valence-corrected chi connectivity index (χ3v) is 5.42. The number of nitrogens with zero attached hydrogens (tertiary/aromatic N) is 1. The topological polar surface area (TPSA) is 68.2 Å². The summed E-state index contributed by atoms with van der Waals surface area (Å²) in [5, 5.41) is 2.25. The molecular weight excluding hydrogens is 421 g/mol. The second-order valence-corrected chi connectivity index (χ2v) is 8.57. The predicted molar refractivity (Wildman–Crippen MR) is 113 cm³/mol. The maximum absolute atomic E-state index is 14.1. The van der Waals surface area contributed by atoms with E-state index in [2.05, 4.69) is 5.32 Å². The van der Waals surface area contributed by atoms with Crippen LogP contribution in [0.25, 0.3) is 5.69 Å². The molecule has 0 saturated carbocycles. The van der Waals surface area contributed by atoms with Crippen molar-refractivity contribution < 1.29 is 22.8 Å². The van der Waals surface area contributed by atoms with Gasteiger partial charge in [0.15, 0.2) is 5.78 Å². The lowest BCUT2D eigenvalue weighted by molar-refractivity contribution is 0.0910. The van der Waals surface area contributed by atoms with Crippen LogP contribution in [0.2, 0.25) is 0 Å². The van der Waals surface area contributed by atoms with Crippen LogP contribution in [0.5, 0.6) is 0 Å². The Morgan fingerprint density at radius 3 is 2.31 bits per heavy atom. The minimum absolute atomic E-state index is 0.193.